The quantitative estimate of drug-likeness (QED) is 0.329. The number of hydroxylamine groups is 1. The third kappa shape index (κ3) is 2.27. The van der Waals surface area contributed by atoms with Gasteiger partial charge in [-0.05, 0) is 18.2 Å². The van der Waals surface area contributed by atoms with E-state index in [1.54, 1.807) is 18.3 Å². The Balaban J connectivity index is 2.55. The first-order valence-electron chi connectivity index (χ1n) is 3.08. The summed E-state index contributed by atoms with van der Waals surface area (Å²) < 4.78 is 0. The summed E-state index contributed by atoms with van der Waals surface area (Å²) in [4.78, 5) is 13.3. The lowest BCUT2D eigenvalue weighted by Crippen LogP contribution is -2.14. The molecular formula is C7H8N2O2. The van der Waals surface area contributed by atoms with Crippen molar-refractivity contribution in [1.29, 1.82) is 0 Å². The molecule has 4 nitrogen and oxygen atoms in total. The summed E-state index contributed by atoms with van der Waals surface area (Å²) in [6.07, 6.45) is 4.54. The molecule has 0 saturated heterocycles. The topological polar surface area (TPSA) is 65.1 Å². The number of hydrogen-bond acceptors (Lipinski definition) is 2. The van der Waals surface area contributed by atoms with Crippen LogP contribution in [0.5, 0.6) is 0 Å². The van der Waals surface area contributed by atoms with Crippen LogP contribution in [0.15, 0.2) is 24.4 Å². The largest absolute Gasteiger partial charge is 0.362 e. The van der Waals surface area contributed by atoms with Gasteiger partial charge in [-0.15, -0.1) is 0 Å². The number of hydrogen-bond donors (Lipinski definition) is 3. The Morgan fingerprint density at radius 1 is 1.73 bits per heavy atom. The fourth-order valence-corrected chi connectivity index (χ4v) is 0.651. The Bertz CT molecular complexity index is 251. The van der Waals surface area contributed by atoms with E-state index in [0.717, 1.165) is 5.69 Å². The maximum atomic E-state index is 10.4. The normalized spacial score (nSPS) is 10.3. The van der Waals surface area contributed by atoms with Crippen LogP contribution in [0.3, 0.4) is 0 Å². The summed E-state index contributed by atoms with van der Waals surface area (Å²) in [6, 6.07) is 3.62. The molecule has 3 N–H and O–H groups in total. The molecule has 0 atom stereocenters. The molecule has 0 aliphatic rings. The summed E-state index contributed by atoms with van der Waals surface area (Å²) >= 11 is 0. The molecule has 0 saturated carbocycles. The van der Waals surface area contributed by atoms with Crippen molar-refractivity contribution in [2.24, 2.45) is 0 Å². The van der Waals surface area contributed by atoms with Crippen LogP contribution in [0, 0.1) is 0 Å². The highest BCUT2D eigenvalue weighted by Crippen LogP contribution is 1.95. The maximum absolute atomic E-state index is 10.4. The Labute approximate surface area is 63.5 Å². The van der Waals surface area contributed by atoms with Crippen LogP contribution >= 0.6 is 0 Å². The van der Waals surface area contributed by atoms with Crippen LogP contribution in [-0.2, 0) is 4.79 Å². The lowest BCUT2D eigenvalue weighted by molar-refractivity contribution is -0.124. The molecule has 1 aromatic rings. The van der Waals surface area contributed by atoms with Gasteiger partial charge in [0, 0.05) is 18.0 Å². The zero-order valence-electron chi connectivity index (χ0n) is 5.74. The molecule has 0 bridgehead atoms. The molecule has 0 unspecified atom stereocenters. The van der Waals surface area contributed by atoms with E-state index in [4.69, 9.17) is 5.21 Å². The molecule has 4 heteroatoms. The molecule has 1 rings (SSSR count). The molecule has 1 heterocycles. The summed E-state index contributed by atoms with van der Waals surface area (Å²) in [5.74, 6) is -0.542. The standard InChI is InChI=1S/C7H8N2O2/c10-7(9-11)4-3-6-2-1-5-8-6/h1-5,8,11H,(H,9,10)/b4-3+. The van der Waals surface area contributed by atoms with Crippen LogP contribution in [0.25, 0.3) is 6.08 Å². The zero-order chi connectivity index (χ0) is 8.10. The van der Waals surface area contributed by atoms with Crippen LogP contribution < -0.4 is 5.48 Å². The molecule has 1 amide bonds. The van der Waals surface area contributed by atoms with E-state index < -0.39 is 5.91 Å². The molecule has 58 valence electrons. The molecule has 0 aliphatic carbocycles. The Hall–Kier alpha value is -1.55. The number of aromatic nitrogens is 1. The lowest BCUT2D eigenvalue weighted by Gasteiger charge is -1.86. The van der Waals surface area contributed by atoms with Crippen molar-refractivity contribution in [2.75, 3.05) is 0 Å². The van der Waals surface area contributed by atoms with E-state index in [2.05, 4.69) is 4.98 Å². The van der Waals surface area contributed by atoms with Gasteiger partial charge in [0.15, 0.2) is 0 Å². The average molecular weight is 152 g/mol. The van der Waals surface area contributed by atoms with Gasteiger partial charge in [-0.3, -0.25) is 10.0 Å². The number of nitrogens with one attached hydrogen (secondary N) is 2. The van der Waals surface area contributed by atoms with Gasteiger partial charge in [0.1, 0.15) is 0 Å². The van der Waals surface area contributed by atoms with E-state index in [9.17, 15) is 4.79 Å². The number of amides is 1. The lowest BCUT2D eigenvalue weighted by atomic mass is 10.4. The minimum absolute atomic E-state index is 0.542. The van der Waals surface area contributed by atoms with Gasteiger partial charge in [0.25, 0.3) is 5.91 Å². The second-order valence-corrected chi connectivity index (χ2v) is 1.93. The Morgan fingerprint density at radius 2 is 2.55 bits per heavy atom. The molecule has 11 heavy (non-hydrogen) atoms. The first-order chi connectivity index (χ1) is 5.33. The molecule has 0 aromatic carbocycles. The van der Waals surface area contributed by atoms with Gasteiger partial charge in [-0.25, -0.2) is 5.48 Å². The molecule has 0 aliphatic heterocycles. The summed E-state index contributed by atoms with van der Waals surface area (Å²) in [5, 5.41) is 8.10. The van der Waals surface area contributed by atoms with Gasteiger partial charge >= 0.3 is 0 Å². The highest BCUT2D eigenvalue weighted by molar-refractivity contribution is 5.90. The SMILES string of the molecule is O=C(/C=C/c1ccc[nH]1)NO. The number of carbonyl (C=O) groups is 1. The maximum Gasteiger partial charge on any atom is 0.267 e. The van der Waals surface area contributed by atoms with Crippen molar-refractivity contribution in [3.63, 3.8) is 0 Å². The van der Waals surface area contributed by atoms with E-state index in [-0.39, 0.29) is 0 Å². The second kappa shape index (κ2) is 3.58. The van der Waals surface area contributed by atoms with E-state index in [1.807, 2.05) is 6.07 Å². The van der Waals surface area contributed by atoms with Crippen LogP contribution in [0.1, 0.15) is 5.69 Å². The highest BCUT2D eigenvalue weighted by atomic mass is 16.5. The van der Waals surface area contributed by atoms with E-state index in [0.29, 0.717) is 0 Å². The third-order valence-corrected chi connectivity index (χ3v) is 1.15. The van der Waals surface area contributed by atoms with Crippen molar-refractivity contribution in [3.8, 4) is 0 Å². The molecular weight excluding hydrogens is 144 g/mol. The molecule has 0 fully saturated rings. The van der Waals surface area contributed by atoms with Gasteiger partial charge in [0.2, 0.25) is 0 Å². The van der Waals surface area contributed by atoms with Crippen molar-refractivity contribution >= 4 is 12.0 Å². The molecule has 1 aromatic heterocycles. The highest BCUT2D eigenvalue weighted by Gasteiger charge is 1.89. The van der Waals surface area contributed by atoms with Crippen molar-refractivity contribution in [2.45, 2.75) is 0 Å². The fraction of sp³-hybridized carbons (Fsp3) is 0. The summed E-state index contributed by atoms with van der Waals surface area (Å²) in [5.41, 5.74) is 2.30. The number of rotatable bonds is 2. The number of H-pyrrole nitrogens is 1. The van der Waals surface area contributed by atoms with Crippen LogP contribution in [-0.4, -0.2) is 16.1 Å². The monoisotopic (exact) mass is 152 g/mol. The summed E-state index contributed by atoms with van der Waals surface area (Å²) in [6.45, 7) is 0. The van der Waals surface area contributed by atoms with Gasteiger partial charge in [-0.1, -0.05) is 0 Å². The van der Waals surface area contributed by atoms with Crippen molar-refractivity contribution < 1.29 is 10.0 Å². The minimum Gasteiger partial charge on any atom is -0.362 e. The third-order valence-electron chi connectivity index (χ3n) is 1.15. The van der Waals surface area contributed by atoms with Gasteiger partial charge < -0.3 is 4.98 Å². The van der Waals surface area contributed by atoms with E-state index >= 15 is 0 Å². The minimum atomic E-state index is -0.542. The van der Waals surface area contributed by atoms with Crippen molar-refractivity contribution in [1.82, 2.24) is 10.5 Å². The molecule has 0 spiro atoms. The Morgan fingerprint density at radius 3 is 3.09 bits per heavy atom. The first-order valence-corrected chi connectivity index (χ1v) is 3.08. The Kier molecular flexibility index (Phi) is 2.46. The predicted molar refractivity (Wildman–Crippen MR) is 39.8 cm³/mol. The second-order valence-electron chi connectivity index (χ2n) is 1.93. The van der Waals surface area contributed by atoms with Gasteiger partial charge in [0.05, 0.1) is 0 Å². The number of carbonyl (C=O) groups excluding carboxylic acids is 1. The number of aromatic amines is 1. The van der Waals surface area contributed by atoms with Crippen LogP contribution in [0.2, 0.25) is 0 Å². The molecule has 0 radical (unpaired) electrons. The zero-order valence-corrected chi connectivity index (χ0v) is 5.74. The van der Waals surface area contributed by atoms with Crippen molar-refractivity contribution in [3.05, 3.63) is 30.1 Å². The first kappa shape index (κ1) is 7.56. The average Bonchev–Trinajstić information content (AvgIpc) is 2.52. The predicted octanol–water partition coefficient (Wildman–Crippen LogP) is 0.533. The summed E-state index contributed by atoms with van der Waals surface area (Å²) in [7, 11) is 0. The fourth-order valence-electron chi connectivity index (χ4n) is 0.651. The van der Waals surface area contributed by atoms with Gasteiger partial charge in [-0.2, -0.15) is 0 Å². The van der Waals surface area contributed by atoms with Crippen LogP contribution in [0.4, 0.5) is 0 Å². The van der Waals surface area contributed by atoms with E-state index in [1.165, 1.54) is 11.6 Å². The smallest absolute Gasteiger partial charge is 0.267 e.